The number of carbonyl (C=O) groups is 2. The van der Waals surface area contributed by atoms with E-state index in [0.29, 0.717) is 10.6 Å². The maximum absolute atomic E-state index is 12.8. The second kappa shape index (κ2) is 5.81. The van der Waals surface area contributed by atoms with Crippen LogP contribution in [0, 0.1) is 12.3 Å². The Morgan fingerprint density at radius 1 is 1.32 bits per heavy atom. The van der Waals surface area contributed by atoms with Crippen LogP contribution in [0.15, 0.2) is 29.2 Å². The Hall–Kier alpha value is -1.73. The fourth-order valence-corrected chi connectivity index (χ4v) is 4.08. The summed E-state index contributed by atoms with van der Waals surface area (Å²) >= 11 is 0. The van der Waals surface area contributed by atoms with Crippen LogP contribution >= 0.6 is 0 Å². The molecule has 1 aliphatic rings. The average Bonchev–Trinajstić information content (AvgIpc) is 2.50. The largest absolute Gasteiger partial charge is 0.360 e. The molecule has 22 heavy (non-hydrogen) atoms. The number of sulfonamides is 1. The van der Waals surface area contributed by atoms with Gasteiger partial charge in [-0.2, -0.15) is 0 Å². The zero-order valence-electron chi connectivity index (χ0n) is 12.8. The third kappa shape index (κ3) is 2.66. The van der Waals surface area contributed by atoms with Crippen molar-refractivity contribution in [3.8, 4) is 0 Å². The van der Waals surface area contributed by atoms with E-state index < -0.39 is 27.6 Å². The number of piperidine rings is 1. The molecule has 0 saturated carbocycles. The number of methoxy groups -OCH3 is 1. The summed E-state index contributed by atoms with van der Waals surface area (Å²) in [6, 6.07) is 6.19. The van der Waals surface area contributed by atoms with Gasteiger partial charge in [0.05, 0.1) is 4.90 Å². The first-order valence-corrected chi connectivity index (χ1v) is 8.35. The van der Waals surface area contributed by atoms with Gasteiger partial charge in [0.1, 0.15) is 17.9 Å². The minimum absolute atomic E-state index is 0.00338. The first kappa shape index (κ1) is 16.6. The van der Waals surface area contributed by atoms with Gasteiger partial charge >= 0.3 is 0 Å². The summed E-state index contributed by atoms with van der Waals surface area (Å²) in [6.07, 6.45) is 0.154. The fraction of sp³-hybridized carbons (Fsp3) is 0.467. The van der Waals surface area contributed by atoms with Crippen molar-refractivity contribution < 1.29 is 22.7 Å². The van der Waals surface area contributed by atoms with Crippen LogP contribution in [0.3, 0.4) is 0 Å². The van der Waals surface area contributed by atoms with Gasteiger partial charge in [-0.1, -0.05) is 17.7 Å². The van der Waals surface area contributed by atoms with E-state index in [1.807, 2.05) is 6.92 Å². The Labute approximate surface area is 130 Å². The fourth-order valence-electron chi connectivity index (χ4n) is 2.44. The lowest BCUT2D eigenvalue weighted by Crippen LogP contribution is -2.56. The third-order valence-electron chi connectivity index (χ3n) is 3.97. The van der Waals surface area contributed by atoms with E-state index >= 15 is 0 Å². The van der Waals surface area contributed by atoms with Crippen molar-refractivity contribution in [1.82, 2.24) is 4.31 Å². The Morgan fingerprint density at radius 2 is 1.91 bits per heavy atom. The number of aldehydes is 1. The van der Waals surface area contributed by atoms with Crippen LogP contribution in [0.4, 0.5) is 0 Å². The molecular weight excluding hydrogens is 306 g/mol. The number of hydrogen-bond donors (Lipinski definition) is 0. The molecule has 0 unspecified atom stereocenters. The number of rotatable bonds is 4. The molecule has 2 atom stereocenters. The van der Waals surface area contributed by atoms with Crippen LogP contribution in [-0.2, 0) is 24.3 Å². The zero-order valence-corrected chi connectivity index (χ0v) is 13.6. The Morgan fingerprint density at radius 3 is 2.41 bits per heavy atom. The van der Waals surface area contributed by atoms with Crippen molar-refractivity contribution in [2.45, 2.75) is 37.8 Å². The molecule has 0 aromatic heterocycles. The number of aryl methyl sites for hydroxylation is 1. The van der Waals surface area contributed by atoms with Gasteiger partial charge in [0.15, 0.2) is 0 Å². The van der Waals surface area contributed by atoms with Crippen molar-refractivity contribution in [2.24, 2.45) is 5.41 Å². The van der Waals surface area contributed by atoms with Crippen LogP contribution in [0.5, 0.6) is 0 Å². The summed E-state index contributed by atoms with van der Waals surface area (Å²) in [7, 11) is -2.72. The van der Waals surface area contributed by atoms with Crippen LogP contribution in [-0.4, -0.2) is 38.3 Å². The van der Waals surface area contributed by atoms with E-state index in [1.54, 1.807) is 12.1 Å². The van der Waals surface area contributed by atoms with Crippen molar-refractivity contribution in [2.75, 3.05) is 7.11 Å². The molecule has 1 heterocycles. The summed E-state index contributed by atoms with van der Waals surface area (Å²) in [5.74, 6) is -0.749. The lowest BCUT2D eigenvalue weighted by atomic mass is 9.83. The van der Waals surface area contributed by atoms with Gasteiger partial charge < -0.3 is 9.53 Å². The number of ether oxygens (including phenoxy) is 1. The maximum Gasteiger partial charge on any atom is 0.268 e. The third-order valence-corrected chi connectivity index (χ3v) is 5.76. The van der Waals surface area contributed by atoms with E-state index in [2.05, 4.69) is 0 Å². The van der Waals surface area contributed by atoms with Gasteiger partial charge in [0.25, 0.3) is 15.9 Å². The van der Waals surface area contributed by atoms with Gasteiger partial charge in [-0.15, -0.1) is 0 Å². The molecule has 0 spiro atoms. The summed E-state index contributed by atoms with van der Waals surface area (Å²) in [5, 5.41) is 0. The smallest absolute Gasteiger partial charge is 0.268 e. The van der Waals surface area contributed by atoms with Crippen molar-refractivity contribution in [1.29, 1.82) is 0 Å². The standard InChI is InChI=1S/C15H19NO5S/c1-11-4-6-12(7-5-11)22(19,20)16-13(21-3)8-9-15(2,10-17)14(16)18/h4-7,10,13H,8-9H2,1-3H3/t13-,15-/m0/s1. The van der Waals surface area contributed by atoms with Crippen LogP contribution < -0.4 is 0 Å². The molecule has 1 amide bonds. The van der Waals surface area contributed by atoms with Gasteiger partial charge in [-0.3, -0.25) is 4.79 Å². The molecular formula is C15H19NO5S. The van der Waals surface area contributed by atoms with E-state index in [1.165, 1.54) is 26.2 Å². The Kier molecular flexibility index (Phi) is 4.39. The van der Waals surface area contributed by atoms with Crippen molar-refractivity contribution >= 4 is 22.2 Å². The SMILES string of the molecule is CO[C@H]1CC[C@@](C)(C=O)C(=O)N1S(=O)(=O)c1ccc(C)cc1. The van der Waals surface area contributed by atoms with Crippen LogP contribution in [0.2, 0.25) is 0 Å². The lowest BCUT2D eigenvalue weighted by molar-refractivity contribution is -0.154. The van der Waals surface area contributed by atoms with Gasteiger partial charge in [-0.05, 0) is 38.8 Å². The van der Waals surface area contributed by atoms with E-state index in [0.717, 1.165) is 5.56 Å². The molecule has 1 aliphatic heterocycles. The lowest BCUT2D eigenvalue weighted by Gasteiger charge is -2.40. The Bertz CT molecular complexity index is 682. The van der Waals surface area contributed by atoms with Crippen LogP contribution in [0.25, 0.3) is 0 Å². The van der Waals surface area contributed by atoms with E-state index in [4.69, 9.17) is 4.74 Å². The quantitative estimate of drug-likeness (QED) is 0.619. The first-order chi connectivity index (χ1) is 10.3. The predicted octanol–water partition coefficient (Wildman–Crippen LogP) is 1.48. The van der Waals surface area contributed by atoms with Gasteiger partial charge in [0.2, 0.25) is 0 Å². The van der Waals surface area contributed by atoms with Crippen LogP contribution in [0.1, 0.15) is 25.3 Å². The topological polar surface area (TPSA) is 80.8 Å². The minimum Gasteiger partial charge on any atom is -0.360 e. The molecule has 7 heteroatoms. The number of hydrogen-bond acceptors (Lipinski definition) is 5. The summed E-state index contributed by atoms with van der Waals surface area (Å²) < 4.78 is 31.4. The molecule has 2 rings (SSSR count). The second-order valence-corrected chi connectivity index (χ2v) is 7.50. The summed E-state index contributed by atoms with van der Waals surface area (Å²) in [6.45, 7) is 3.29. The highest BCUT2D eigenvalue weighted by molar-refractivity contribution is 7.89. The highest BCUT2D eigenvalue weighted by Crippen LogP contribution is 2.36. The van der Waals surface area contributed by atoms with E-state index in [-0.39, 0.29) is 17.7 Å². The second-order valence-electron chi connectivity index (χ2n) is 5.68. The summed E-state index contributed by atoms with van der Waals surface area (Å²) in [5.41, 5.74) is -0.433. The summed E-state index contributed by atoms with van der Waals surface area (Å²) in [4.78, 5) is 23.8. The highest BCUT2D eigenvalue weighted by atomic mass is 32.2. The molecule has 1 fully saturated rings. The molecule has 1 aromatic carbocycles. The maximum atomic E-state index is 12.8. The molecule has 6 nitrogen and oxygen atoms in total. The zero-order chi connectivity index (χ0) is 16.5. The first-order valence-electron chi connectivity index (χ1n) is 6.91. The number of amides is 1. The minimum atomic E-state index is -4.07. The molecule has 0 bridgehead atoms. The normalized spacial score (nSPS) is 26.0. The molecule has 0 radical (unpaired) electrons. The molecule has 120 valence electrons. The molecule has 0 aliphatic carbocycles. The Balaban J connectivity index is 2.51. The molecule has 1 aromatic rings. The molecule has 1 saturated heterocycles. The van der Waals surface area contributed by atoms with Crippen molar-refractivity contribution in [3.63, 3.8) is 0 Å². The number of benzene rings is 1. The highest BCUT2D eigenvalue weighted by Gasteiger charge is 2.49. The molecule has 0 N–H and O–H groups in total. The van der Waals surface area contributed by atoms with E-state index in [9.17, 15) is 18.0 Å². The number of nitrogens with zero attached hydrogens (tertiary/aromatic N) is 1. The predicted molar refractivity (Wildman–Crippen MR) is 79.4 cm³/mol. The van der Waals surface area contributed by atoms with Crippen molar-refractivity contribution in [3.05, 3.63) is 29.8 Å². The van der Waals surface area contributed by atoms with Gasteiger partial charge in [-0.25, -0.2) is 12.7 Å². The van der Waals surface area contributed by atoms with Gasteiger partial charge in [0, 0.05) is 7.11 Å². The average molecular weight is 325 g/mol. The number of carbonyl (C=O) groups excluding carboxylic acids is 2. The monoisotopic (exact) mass is 325 g/mol.